The van der Waals surface area contributed by atoms with E-state index in [4.69, 9.17) is 10.6 Å². The number of aryl methyl sites for hydroxylation is 1. The number of hydrogen-bond donors (Lipinski definition) is 2. The van der Waals surface area contributed by atoms with Crippen LogP contribution in [-0.2, 0) is 11.3 Å². The first-order valence-corrected chi connectivity index (χ1v) is 7.80. The average molecular weight is 280 g/mol. The van der Waals surface area contributed by atoms with Gasteiger partial charge in [0, 0.05) is 19.9 Å². The number of hydrazine groups is 1. The molecular weight excluding hydrogens is 252 g/mol. The second-order valence-electron chi connectivity index (χ2n) is 5.76. The zero-order valence-electron chi connectivity index (χ0n) is 12.8. The summed E-state index contributed by atoms with van der Waals surface area (Å²) in [4.78, 5) is 0. The lowest BCUT2D eigenvalue weighted by Gasteiger charge is -2.39. The maximum Gasteiger partial charge on any atom is 0.0918 e. The molecule has 0 amide bonds. The topological polar surface area (TPSA) is 65.1 Å². The number of ether oxygens (including phenoxy) is 1. The summed E-state index contributed by atoms with van der Waals surface area (Å²) in [5.41, 5.74) is 3.93. The summed E-state index contributed by atoms with van der Waals surface area (Å²) in [6.07, 6.45) is 10.0. The Labute approximate surface area is 121 Å². The molecule has 1 aliphatic carbocycles. The molecule has 1 heterocycles. The minimum Gasteiger partial charge on any atom is -0.376 e. The first kappa shape index (κ1) is 15.5. The van der Waals surface area contributed by atoms with E-state index in [1.165, 1.54) is 25.7 Å². The smallest absolute Gasteiger partial charge is 0.0918 e. The molecule has 5 heteroatoms. The minimum atomic E-state index is -0.212. The highest BCUT2D eigenvalue weighted by molar-refractivity contribution is 5.14. The molecule has 1 unspecified atom stereocenters. The fraction of sp³-hybridized carbons (Fsp3) is 0.800. The number of nitrogens with one attached hydrogen (secondary N) is 1. The fourth-order valence-corrected chi connectivity index (χ4v) is 3.43. The van der Waals surface area contributed by atoms with E-state index in [-0.39, 0.29) is 11.6 Å². The second-order valence-corrected chi connectivity index (χ2v) is 5.76. The molecule has 114 valence electrons. The van der Waals surface area contributed by atoms with Gasteiger partial charge in [-0.25, -0.2) is 5.43 Å². The lowest BCUT2D eigenvalue weighted by molar-refractivity contribution is -0.0562. The number of hydrogen-bond acceptors (Lipinski definition) is 4. The van der Waals surface area contributed by atoms with E-state index >= 15 is 0 Å². The van der Waals surface area contributed by atoms with E-state index in [1.54, 1.807) is 0 Å². The zero-order chi connectivity index (χ0) is 14.4. The highest BCUT2D eigenvalue weighted by Gasteiger charge is 2.41. The molecule has 5 nitrogen and oxygen atoms in total. The molecule has 0 bridgehead atoms. The summed E-state index contributed by atoms with van der Waals surface area (Å²) in [5, 5.41) is 4.42. The highest BCUT2D eigenvalue weighted by Crippen LogP contribution is 2.39. The highest BCUT2D eigenvalue weighted by atomic mass is 16.5. The van der Waals surface area contributed by atoms with Crippen LogP contribution in [0, 0.1) is 0 Å². The van der Waals surface area contributed by atoms with Crippen LogP contribution in [0.3, 0.4) is 0 Å². The second kappa shape index (κ2) is 7.20. The van der Waals surface area contributed by atoms with Crippen molar-refractivity contribution in [2.75, 3.05) is 7.11 Å². The van der Waals surface area contributed by atoms with Crippen molar-refractivity contribution in [2.45, 2.75) is 70.1 Å². The quantitative estimate of drug-likeness (QED) is 0.477. The monoisotopic (exact) mass is 280 g/mol. The van der Waals surface area contributed by atoms with Gasteiger partial charge in [-0.2, -0.15) is 5.10 Å². The van der Waals surface area contributed by atoms with Crippen LogP contribution in [-0.4, -0.2) is 22.5 Å². The summed E-state index contributed by atoms with van der Waals surface area (Å²) in [6.45, 7) is 3.08. The van der Waals surface area contributed by atoms with Crippen LogP contribution >= 0.6 is 0 Å². The lowest BCUT2D eigenvalue weighted by Crippen LogP contribution is -2.48. The third kappa shape index (κ3) is 3.05. The number of nitrogens with two attached hydrogens (primary N) is 1. The molecule has 1 atom stereocenters. The number of methoxy groups -OCH3 is 1. The summed E-state index contributed by atoms with van der Waals surface area (Å²) in [6, 6.07) is 2.06. The van der Waals surface area contributed by atoms with Crippen molar-refractivity contribution in [1.29, 1.82) is 0 Å². The van der Waals surface area contributed by atoms with Crippen molar-refractivity contribution < 1.29 is 4.74 Å². The summed E-state index contributed by atoms with van der Waals surface area (Å²) in [7, 11) is 1.82. The molecule has 0 aromatic carbocycles. The van der Waals surface area contributed by atoms with Crippen molar-refractivity contribution in [3.8, 4) is 0 Å². The van der Waals surface area contributed by atoms with Crippen molar-refractivity contribution >= 4 is 0 Å². The summed E-state index contributed by atoms with van der Waals surface area (Å²) in [5.74, 6) is 5.90. The number of rotatable bonds is 6. The van der Waals surface area contributed by atoms with Crippen LogP contribution < -0.4 is 11.3 Å². The molecule has 0 saturated heterocycles. The van der Waals surface area contributed by atoms with Gasteiger partial charge in [0.2, 0.25) is 0 Å². The van der Waals surface area contributed by atoms with Crippen LogP contribution in [0.25, 0.3) is 0 Å². The van der Waals surface area contributed by atoms with Gasteiger partial charge in [-0.15, -0.1) is 0 Å². The third-order valence-electron chi connectivity index (χ3n) is 4.53. The van der Waals surface area contributed by atoms with Gasteiger partial charge in [0.05, 0.1) is 17.3 Å². The summed E-state index contributed by atoms with van der Waals surface area (Å²) < 4.78 is 8.04. The Hall–Kier alpha value is -0.910. The Balaban J connectivity index is 2.30. The van der Waals surface area contributed by atoms with E-state index in [2.05, 4.69) is 28.2 Å². The molecule has 0 spiro atoms. The van der Waals surface area contributed by atoms with Crippen molar-refractivity contribution in [1.82, 2.24) is 15.2 Å². The average Bonchev–Trinajstić information content (AvgIpc) is 2.77. The van der Waals surface area contributed by atoms with Gasteiger partial charge in [0.25, 0.3) is 0 Å². The minimum absolute atomic E-state index is 0.000324. The predicted molar refractivity (Wildman–Crippen MR) is 80.0 cm³/mol. The fourth-order valence-electron chi connectivity index (χ4n) is 3.43. The van der Waals surface area contributed by atoms with Crippen LogP contribution in [0.1, 0.15) is 63.6 Å². The van der Waals surface area contributed by atoms with Crippen molar-refractivity contribution in [3.63, 3.8) is 0 Å². The van der Waals surface area contributed by atoms with Crippen molar-refractivity contribution in [2.24, 2.45) is 5.84 Å². The van der Waals surface area contributed by atoms with Gasteiger partial charge >= 0.3 is 0 Å². The third-order valence-corrected chi connectivity index (χ3v) is 4.53. The first-order valence-electron chi connectivity index (χ1n) is 7.80. The number of nitrogens with zero attached hydrogens (tertiary/aromatic N) is 2. The largest absolute Gasteiger partial charge is 0.376 e. The normalized spacial score (nSPS) is 20.6. The molecule has 0 aliphatic heterocycles. The first-order chi connectivity index (χ1) is 9.77. The predicted octanol–water partition coefficient (Wildman–Crippen LogP) is 2.54. The van der Waals surface area contributed by atoms with E-state index in [9.17, 15) is 0 Å². The zero-order valence-corrected chi connectivity index (χ0v) is 12.8. The van der Waals surface area contributed by atoms with Crippen LogP contribution in [0.15, 0.2) is 12.3 Å². The van der Waals surface area contributed by atoms with Gasteiger partial charge in [0.15, 0.2) is 0 Å². The Morgan fingerprint density at radius 1 is 1.40 bits per heavy atom. The molecular formula is C15H28N4O. The standard InChI is InChI=1S/C15H28N4O/c1-3-12-19-13(8-11-17-19)14(18-16)15(20-2)9-6-4-5-7-10-15/h8,11,14,18H,3-7,9-10,12,16H2,1-2H3. The van der Waals surface area contributed by atoms with E-state index in [0.717, 1.165) is 31.5 Å². The van der Waals surface area contributed by atoms with E-state index in [0.29, 0.717) is 0 Å². The Morgan fingerprint density at radius 2 is 2.10 bits per heavy atom. The van der Waals surface area contributed by atoms with Crippen LogP contribution in [0.5, 0.6) is 0 Å². The van der Waals surface area contributed by atoms with Gasteiger partial charge in [-0.3, -0.25) is 10.5 Å². The van der Waals surface area contributed by atoms with Crippen molar-refractivity contribution in [3.05, 3.63) is 18.0 Å². The molecule has 0 radical (unpaired) electrons. The molecule has 1 aliphatic rings. The Morgan fingerprint density at radius 3 is 2.65 bits per heavy atom. The summed E-state index contributed by atoms with van der Waals surface area (Å²) >= 11 is 0. The number of aromatic nitrogens is 2. The molecule has 1 aromatic rings. The van der Waals surface area contributed by atoms with E-state index in [1.807, 2.05) is 13.3 Å². The van der Waals surface area contributed by atoms with Crippen LogP contribution in [0.2, 0.25) is 0 Å². The molecule has 1 fully saturated rings. The van der Waals surface area contributed by atoms with Gasteiger partial charge in [-0.05, 0) is 25.3 Å². The van der Waals surface area contributed by atoms with Gasteiger partial charge in [0.1, 0.15) is 0 Å². The van der Waals surface area contributed by atoms with Gasteiger partial charge < -0.3 is 4.74 Å². The van der Waals surface area contributed by atoms with E-state index < -0.39 is 0 Å². The maximum atomic E-state index is 5.99. The molecule has 20 heavy (non-hydrogen) atoms. The Kier molecular flexibility index (Phi) is 5.57. The lowest BCUT2D eigenvalue weighted by atomic mass is 9.84. The Bertz CT molecular complexity index is 396. The SMILES string of the molecule is CCCn1nccc1C(NN)C1(OC)CCCCCC1. The molecule has 1 aromatic heterocycles. The van der Waals surface area contributed by atoms with Crippen LogP contribution in [0.4, 0.5) is 0 Å². The molecule has 1 saturated carbocycles. The maximum absolute atomic E-state index is 5.99. The molecule has 2 rings (SSSR count). The van der Waals surface area contributed by atoms with Gasteiger partial charge in [-0.1, -0.05) is 32.6 Å². The molecule has 3 N–H and O–H groups in total.